The molecule has 0 saturated carbocycles. The minimum Gasteiger partial charge on any atom is -0.475 e. The van der Waals surface area contributed by atoms with Crippen LogP contribution in [0.15, 0.2) is 40.4 Å². The average Bonchev–Trinajstić information content (AvgIpc) is 3.26. The van der Waals surface area contributed by atoms with Crippen LogP contribution in [0.3, 0.4) is 0 Å². The fourth-order valence-corrected chi connectivity index (χ4v) is 2.48. The molecule has 39 heavy (non-hydrogen) atoms. The number of imidazole rings is 1. The number of rotatable bonds is 2. The number of nitrogens with zero attached hydrogens (tertiary/aromatic N) is 2. The second-order valence-corrected chi connectivity index (χ2v) is 8.33. The van der Waals surface area contributed by atoms with Crippen LogP contribution >= 0.6 is 0 Å². The van der Waals surface area contributed by atoms with E-state index < -0.39 is 29.9 Å². The smallest absolute Gasteiger partial charge is 0.475 e. The van der Waals surface area contributed by atoms with Gasteiger partial charge in [-0.05, 0) is 23.8 Å². The van der Waals surface area contributed by atoms with Gasteiger partial charge in [-0.15, -0.1) is 0 Å². The van der Waals surface area contributed by atoms with Crippen LogP contribution in [0.25, 0.3) is 12.2 Å². The van der Waals surface area contributed by atoms with Gasteiger partial charge in [-0.1, -0.05) is 26.8 Å². The number of carboxylic acid groups (broad SMARTS) is 2. The van der Waals surface area contributed by atoms with Gasteiger partial charge in [-0.25, -0.2) is 14.6 Å². The van der Waals surface area contributed by atoms with E-state index in [1.54, 1.807) is 43.0 Å². The van der Waals surface area contributed by atoms with Crippen molar-refractivity contribution in [1.82, 2.24) is 24.9 Å². The summed E-state index contributed by atoms with van der Waals surface area (Å²) in [6.07, 6.45) is -2.20. The largest absolute Gasteiger partial charge is 0.490 e. The lowest BCUT2D eigenvalue weighted by molar-refractivity contribution is -0.193. The predicted molar refractivity (Wildman–Crippen MR) is 123 cm³/mol. The highest BCUT2D eigenvalue weighted by Gasteiger charge is 2.38. The molecule has 0 radical (unpaired) electrons. The fraction of sp³-hybridized carbons (Fsp3) is 0.273. The number of nitrogens with one attached hydrogen (secondary N) is 3. The summed E-state index contributed by atoms with van der Waals surface area (Å²) in [6.45, 7) is 6.12. The highest BCUT2D eigenvalue weighted by molar-refractivity contribution is 5.73. The van der Waals surface area contributed by atoms with Crippen LogP contribution in [0.2, 0.25) is 0 Å². The number of H-pyrrole nitrogens is 3. The molecule has 3 rings (SSSR count). The van der Waals surface area contributed by atoms with Crippen LogP contribution in [-0.4, -0.2) is 59.4 Å². The highest BCUT2D eigenvalue weighted by atomic mass is 19.4. The van der Waals surface area contributed by atoms with Crippen LogP contribution < -0.4 is 21.8 Å². The molecule has 0 aliphatic rings. The Labute approximate surface area is 213 Å². The minimum absolute atomic E-state index is 0.158. The normalized spacial score (nSPS) is 12.6. The van der Waals surface area contributed by atoms with Crippen molar-refractivity contribution in [3.63, 3.8) is 0 Å². The molecule has 3 aromatic heterocycles. The first-order chi connectivity index (χ1) is 17.7. The first kappa shape index (κ1) is 32.3. The summed E-state index contributed by atoms with van der Waals surface area (Å²) in [4.78, 5) is 58.9. The average molecular weight is 565 g/mol. The van der Waals surface area contributed by atoms with Crippen LogP contribution in [0.5, 0.6) is 0 Å². The standard InChI is InChI=1S/C18H19N5O2.2C2HF3O2/c1-18(2,3)15-12(20-10-21-15)8-14-17(25)22-13(16(24)23-14)7-11-5-4-6-19-9-11;2*3-2(4,5)1(6)7/h4-10H,1-3H3,(H,20,21)(H,22,25)(H,23,24);2*(H,6,7)/b13-7-,14-8-;;. The van der Waals surface area contributed by atoms with Crippen molar-refractivity contribution in [2.75, 3.05) is 0 Å². The maximum absolute atomic E-state index is 12.3. The molecular weight excluding hydrogens is 544 g/mol. The quantitative estimate of drug-likeness (QED) is 0.289. The van der Waals surface area contributed by atoms with Gasteiger partial charge in [-0.3, -0.25) is 14.6 Å². The van der Waals surface area contributed by atoms with E-state index in [1.807, 2.05) is 20.8 Å². The van der Waals surface area contributed by atoms with Crippen LogP contribution in [-0.2, 0) is 15.0 Å². The molecular formula is C22H21F6N5O6. The molecule has 0 saturated heterocycles. The van der Waals surface area contributed by atoms with E-state index in [9.17, 15) is 35.9 Å². The van der Waals surface area contributed by atoms with Crippen molar-refractivity contribution in [3.05, 3.63) is 79.2 Å². The second kappa shape index (κ2) is 12.7. The maximum Gasteiger partial charge on any atom is 0.490 e. The number of aromatic nitrogens is 5. The second-order valence-electron chi connectivity index (χ2n) is 8.33. The molecule has 5 N–H and O–H groups in total. The zero-order chi connectivity index (χ0) is 30.2. The third kappa shape index (κ3) is 10.7. The molecule has 0 unspecified atom stereocenters. The van der Waals surface area contributed by atoms with Crippen LogP contribution in [0.1, 0.15) is 37.7 Å². The van der Waals surface area contributed by atoms with Gasteiger partial charge in [0.1, 0.15) is 10.7 Å². The Balaban J connectivity index is 0.000000449. The minimum atomic E-state index is -5.08. The van der Waals surface area contributed by atoms with Gasteiger partial charge in [0.25, 0.3) is 11.1 Å². The molecule has 3 aromatic rings. The zero-order valence-corrected chi connectivity index (χ0v) is 20.2. The Bertz CT molecular complexity index is 1490. The first-order valence-corrected chi connectivity index (χ1v) is 10.3. The van der Waals surface area contributed by atoms with Crippen molar-refractivity contribution >= 4 is 24.1 Å². The number of hydrogen-bond donors (Lipinski definition) is 5. The Hall–Kier alpha value is -4.70. The molecule has 0 aliphatic heterocycles. The maximum atomic E-state index is 12.3. The molecule has 0 aromatic carbocycles. The van der Waals surface area contributed by atoms with E-state index in [4.69, 9.17) is 19.8 Å². The summed E-state index contributed by atoms with van der Waals surface area (Å²) in [5, 5.41) is 14.6. The Morgan fingerprint density at radius 2 is 1.33 bits per heavy atom. The number of halogens is 6. The molecule has 0 bridgehead atoms. The van der Waals surface area contributed by atoms with E-state index in [1.165, 1.54) is 0 Å². The predicted octanol–water partition coefficient (Wildman–Crippen LogP) is 1.40. The number of carboxylic acids is 2. The molecule has 17 heteroatoms. The fourth-order valence-electron chi connectivity index (χ4n) is 2.48. The van der Waals surface area contributed by atoms with E-state index in [0.717, 1.165) is 11.3 Å². The number of aliphatic carboxylic acids is 2. The molecule has 0 fully saturated rings. The van der Waals surface area contributed by atoms with Crippen molar-refractivity contribution < 1.29 is 46.1 Å². The molecule has 0 amide bonds. The number of aromatic amines is 3. The van der Waals surface area contributed by atoms with Gasteiger partial charge >= 0.3 is 24.3 Å². The van der Waals surface area contributed by atoms with Crippen molar-refractivity contribution in [1.29, 1.82) is 0 Å². The van der Waals surface area contributed by atoms with E-state index in [0.29, 0.717) is 5.69 Å². The highest BCUT2D eigenvalue weighted by Crippen LogP contribution is 2.22. The summed E-state index contributed by atoms with van der Waals surface area (Å²) in [5.74, 6) is -5.51. The van der Waals surface area contributed by atoms with Gasteiger partial charge in [0, 0.05) is 23.5 Å². The van der Waals surface area contributed by atoms with Crippen molar-refractivity contribution in [2.45, 2.75) is 38.5 Å². The Kier molecular flexibility index (Phi) is 10.5. The number of carbonyl (C=O) groups is 2. The summed E-state index contributed by atoms with van der Waals surface area (Å²) in [5.41, 5.74) is 1.29. The summed E-state index contributed by atoms with van der Waals surface area (Å²) >= 11 is 0. The summed E-state index contributed by atoms with van der Waals surface area (Å²) < 4.78 is 63.5. The van der Waals surface area contributed by atoms with Gasteiger partial charge in [0.15, 0.2) is 0 Å². The topological polar surface area (TPSA) is 182 Å². The van der Waals surface area contributed by atoms with E-state index in [2.05, 4.69) is 24.9 Å². The molecule has 11 nitrogen and oxygen atoms in total. The molecule has 0 atom stereocenters. The number of hydrogen-bond acceptors (Lipinski definition) is 6. The van der Waals surface area contributed by atoms with E-state index in [-0.39, 0.29) is 21.7 Å². The van der Waals surface area contributed by atoms with Gasteiger partial charge < -0.3 is 25.2 Å². The summed E-state index contributed by atoms with van der Waals surface area (Å²) in [7, 11) is 0. The molecule has 212 valence electrons. The number of pyridine rings is 1. The Morgan fingerprint density at radius 1 is 0.872 bits per heavy atom. The first-order valence-electron chi connectivity index (χ1n) is 10.3. The zero-order valence-electron chi connectivity index (χ0n) is 20.2. The van der Waals surface area contributed by atoms with Gasteiger partial charge in [0.05, 0.1) is 12.0 Å². The van der Waals surface area contributed by atoms with Gasteiger partial charge in [0.2, 0.25) is 0 Å². The van der Waals surface area contributed by atoms with E-state index >= 15 is 0 Å². The van der Waals surface area contributed by atoms with Crippen molar-refractivity contribution in [3.8, 4) is 0 Å². The van der Waals surface area contributed by atoms with Crippen molar-refractivity contribution in [2.24, 2.45) is 0 Å². The third-order valence-electron chi connectivity index (χ3n) is 4.17. The lowest BCUT2D eigenvalue weighted by atomic mass is 9.90. The molecule has 3 heterocycles. The Morgan fingerprint density at radius 3 is 1.72 bits per heavy atom. The summed E-state index contributed by atoms with van der Waals surface area (Å²) in [6, 6.07) is 3.55. The SMILES string of the molecule is CC(C)(C)c1[nH]cnc1/C=c1\[nH]c(=O)/c(=C/c2cccnc2)[nH]c1=O.O=C(O)C(F)(F)F.O=C(O)C(F)(F)F. The molecule has 0 spiro atoms. The number of alkyl halides is 6. The van der Waals surface area contributed by atoms with Gasteiger partial charge in [-0.2, -0.15) is 26.3 Å². The lowest BCUT2D eigenvalue weighted by Crippen LogP contribution is -2.46. The molecule has 0 aliphatic carbocycles. The van der Waals surface area contributed by atoms with Crippen LogP contribution in [0, 0.1) is 0 Å². The monoisotopic (exact) mass is 565 g/mol. The third-order valence-corrected chi connectivity index (χ3v) is 4.17. The van der Waals surface area contributed by atoms with Crippen LogP contribution in [0.4, 0.5) is 26.3 Å². The lowest BCUT2D eigenvalue weighted by Gasteiger charge is -2.16.